The quantitative estimate of drug-likeness (QED) is 0.818. The third kappa shape index (κ3) is 4.06. The summed E-state index contributed by atoms with van der Waals surface area (Å²) in [6.45, 7) is 0.566. The van der Waals surface area contributed by atoms with Crippen LogP contribution in [0.4, 0.5) is 0 Å². The number of hydrogen-bond donors (Lipinski definition) is 1. The van der Waals surface area contributed by atoms with Crippen LogP contribution >= 0.6 is 0 Å². The molecule has 1 N–H and O–H groups in total. The van der Waals surface area contributed by atoms with Crippen molar-refractivity contribution in [2.75, 3.05) is 13.7 Å². The van der Waals surface area contributed by atoms with Crippen molar-refractivity contribution >= 4 is 11.9 Å². The first-order chi connectivity index (χ1) is 10.6. The maximum atomic E-state index is 12.1. The highest BCUT2D eigenvalue weighted by atomic mass is 16.5. The summed E-state index contributed by atoms with van der Waals surface area (Å²) in [7, 11) is 1.28. The average Bonchev–Trinajstić information content (AvgIpc) is 3.08. The van der Waals surface area contributed by atoms with Crippen LogP contribution in [-0.4, -0.2) is 37.7 Å². The minimum absolute atomic E-state index is 0.290. The molecule has 6 nitrogen and oxygen atoms in total. The number of ether oxygens (including phenoxy) is 2. The monoisotopic (exact) mass is 302 g/mol. The van der Waals surface area contributed by atoms with Crippen LogP contribution in [0.5, 0.6) is 0 Å². The Balaban J connectivity index is 2.03. The van der Waals surface area contributed by atoms with E-state index in [1.807, 2.05) is 6.07 Å². The summed E-state index contributed by atoms with van der Waals surface area (Å²) >= 11 is 0. The molecule has 0 bridgehead atoms. The zero-order valence-electron chi connectivity index (χ0n) is 12.4. The molecule has 22 heavy (non-hydrogen) atoms. The van der Waals surface area contributed by atoms with Gasteiger partial charge in [-0.3, -0.25) is 4.79 Å². The second kappa shape index (κ2) is 7.57. The van der Waals surface area contributed by atoms with Crippen LogP contribution in [0.15, 0.2) is 24.3 Å². The Labute approximate surface area is 129 Å². The molecule has 1 saturated heterocycles. The van der Waals surface area contributed by atoms with E-state index < -0.39 is 18.1 Å². The number of methoxy groups -OCH3 is 1. The highest BCUT2D eigenvalue weighted by molar-refractivity contribution is 5.87. The zero-order chi connectivity index (χ0) is 15.9. The summed E-state index contributed by atoms with van der Waals surface area (Å²) < 4.78 is 10.1. The first-order valence-corrected chi connectivity index (χ1v) is 7.13. The molecule has 0 aliphatic carbocycles. The number of esters is 1. The number of nitrogens with zero attached hydrogens (tertiary/aromatic N) is 1. The van der Waals surface area contributed by atoms with Crippen LogP contribution in [0.3, 0.4) is 0 Å². The Hall–Kier alpha value is -2.39. The van der Waals surface area contributed by atoms with Crippen molar-refractivity contribution in [3.8, 4) is 6.07 Å². The Morgan fingerprint density at radius 1 is 1.45 bits per heavy atom. The predicted molar refractivity (Wildman–Crippen MR) is 77.8 cm³/mol. The second-order valence-electron chi connectivity index (χ2n) is 5.10. The van der Waals surface area contributed by atoms with Crippen molar-refractivity contribution in [1.82, 2.24) is 5.32 Å². The highest BCUT2D eigenvalue weighted by Crippen LogP contribution is 2.13. The van der Waals surface area contributed by atoms with Gasteiger partial charge in [0, 0.05) is 13.0 Å². The van der Waals surface area contributed by atoms with Crippen molar-refractivity contribution in [2.45, 2.75) is 31.4 Å². The van der Waals surface area contributed by atoms with Crippen molar-refractivity contribution in [3.63, 3.8) is 0 Å². The van der Waals surface area contributed by atoms with Gasteiger partial charge in [0.2, 0.25) is 5.91 Å². The molecule has 0 aromatic heterocycles. The lowest BCUT2D eigenvalue weighted by Crippen LogP contribution is -2.47. The molecule has 0 radical (unpaired) electrons. The Morgan fingerprint density at radius 3 is 2.73 bits per heavy atom. The standard InChI is InChI=1S/C16H18N2O4/c1-21-16(20)13(18-15(19)14-3-2-8-22-14)9-11-4-6-12(10-17)7-5-11/h4-7,13-14H,2-3,8-9H2,1H3,(H,18,19)/t13-,14-/m1/s1. The van der Waals surface area contributed by atoms with Gasteiger partial charge >= 0.3 is 5.97 Å². The number of nitrogens with one attached hydrogen (secondary N) is 1. The molecule has 0 saturated carbocycles. The minimum Gasteiger partial charge on any atom is -0.467 e. The van der Waals surface area contributed by atoms with E-state index in [9.17, 15) is 9.59 Å². The van der Waals surface area contributed by atoms with Crippen LogP contribution in [0.25, 0.3) is 0 Å². The lowest BCUT2D eigenvalue weighted by atomic mass is 10.0. The van der Waals surface area contributed by atoms with E-state index in [1.165, 1.54) is 7.11 Å². The number of amides is 1. The molecule has 116 valence electrons. The number of benzene rings is 1. The van der Waals surface area contributed by atoms with Gasteiger partial charge < -0.3 is 14.8 Å². The van der Waals surface area contributed by atoms with Crippen molar-refractivity contribution in [3.05, 3.63) is 35.4 Å². The van der Waals surface area contributed by atoms with E-state index in [0.717, 1.165) is 12.0 Å². The molecule has 6 heteroatoms. The topological polar surface area (TPSA) is 88.4 Å². The predicted octanol–water partition coefficient (Wildman–Crippen LogP) is 0.938. The Kier molecular flexibility index (Phi) is 5.50. The van der Waals surface area contributed by atoms with E-state index in [4.69, 9.17) is 14.7 Å². The van der Waals surface area contributed by atoms with Gasteiger partial charge in [0.05, 0.1) is 18.7 Å². The molecular formula is C16H18N2O4. The second-order valence-corrected chi connectivity index (χ2v) is 5.10. The summed E-state index contributed by atoms with van der Waals surface area (Å²) in [4.78, 5) is 23.9. The molecular weight excluding hydrogens is 284 g/mol. The molecule has 1 aromatic carbocycles. The van der Waals surface area contributed by atoms with Crippen molar-refractivity contribution in [2.24, 2.45) is 0 Å². The summed E-state index contributed by atoms with van der Waals surface area (Å²) in [5.41, 5.74) is 1.38. The molecule has 1 amide bonds. The Bertz CT molecular complexity index is 571. The van der Waals surface area contributed by atoms with Crippen molar-refractivity contribution < 1.29 is 19.1 Å². The smallest absolute Gasteiger partial charge is 0.328 e. The number of nitriles is 1. The van der Waals surface area contributed by atoms with E-state index in [-0.39, 0.29) is 5.91 Å². The number of carbonyl (C=O) groups is 2. The van der Waals surface area contributed by atoms with E-state index in [0.29, 0.717) is 25.0 Å². The molecule has 1 heterocycles. The van der Waals surface area contributed by atoms with Gasteiger partial charge in [0.25, 0.3) is 0 Å². The van der Waals surface area contributed by atoms with Crippen LogP contribution in [0.1, 0.15) is 24.0 Å². The van der Waals surface area contributed by atoms with E-state index in [1.54, 1.807) is 24.3 Å². The highest BCUT2D eigenvalue weighted by Gasteiger charge is 2.28. The summed E-state index contributed by atoms with van der Waals surface area (Å²) in [5.74, 6) is -0.794. The van der Waals surface area contributed by atoms with Gasteiger partial charge in [-0.25, -0.2) is 4.79 Å². The summed E-state index contributed by atoms with van der Waals surface area (Å²) in [6, 6.07) is 8.12. The van der Waals surface area contributed by atoms with Crippen LogP contribution in [-0.2, 0) is 25.5 Å². The molecule has 1 fully saturated rings. The van der Waals surface area contributed by atoms with Gasteiger partial charge in [0.15, 0.2) is 0 Å². The van der Waals surface area contributed by atoms with Gasteiger partial charge in [-0.2, -0.15) is 5.26 Å². The van der Waals surface area contributed by atoms with Gasteiger partial charge in [-0.05, 0) is 30.5 Å². The fraction of sp³-hybridized carbons (Fsp3) is 0.438. The average molecular weight is 302 g/mol. The number of carbonyl (C=O) groups excluding carboxylic acids is 2. The fourth-order valence-electron chi connectivity index (χ4n) is 2.34. The first-order valence-electron chi connectivity index (χ1n) is 7.13. The van der Waals surface area contributed by atoms with Gasteiger partial charge in [-0.15, -0.1) is 0 Å². The number of rotatable bonds is 5. The van der Waals surface area contributed by atoms with Crippen molar-refractivity contribution in [1.29, 1.82) is 5.26 Å². The largest absolute Gasteiger partial charge is 0.467 e. The van der Waals surface area contributed by atoms with Gasteiger partial charge in [-0.1, -0.05) is 12.1 Å². The van der Waals surface area contributed by atoms with E-state index in [2.05, 4.69) is 5.32 Å². The minimum atomic E-state index is -0.769. The number of hydrogen-bond acceptors (Lipinski definition) is 5. The lowest BCUT2D eigenvalue weighted by molar-refractivity contribution is -0.146. The zero-order valence-corrected chi connectivity index (χ0v) is 12.4. The van der Waals surface area contributed by atoms with Crippen LogP contribution in [0, 0.1) is 11.3 Å². The normalized spacial score (nSPS) is 18.3. The van der Waals surface area contributed by atoms with Gasteiger partial charge in [0.1, 0.15) is 12.1 Å². The summed E-state index contributed by atoms with van der Waals surface area (Å²) in [6.07, 6.45) is 1.32. The SMILES string of the molecule is COC(=O)[C@@H](Cc1ccc(C#N)cc1)NC(=O)[C@H]1CCCO1. The maximum Gasteiger partial charge on any atom is 0.328 e. The molecule has 2 atom stereocenters. The molecule has 1 aromatic rings. The first kappa shape index (κ1) is 16.0. The molecule has 2 rings (SSSR count). The van der Waals surface area contributed by atoms with Crippen LogP contribution < -0.4 is 5.32 Å². The summed E-state index contributed by atoms with van der Waals surface area (Å²) in [5, 5.41) is 11.5. The molecule has 1 aliphatic heterocycles. The maximum absolute atomic E-state index is 12.1. The third-order valence-corrected chi connectivity index (χ3v) is 3.55. The molecule has 0 spiro atoms. The third-order valence-electron chi connectivity index (χ3n) is 3.55. The lowest BCUT2D eigenvalue weighted by Gasteiger charge is -2.18. The molecule has 0 unspecified atom stereocenters. The van der Waals surface area contributed by atoms with Crippen LogP contribution in [0.2, 0.25) is 0 Å². The Morgan fingerprint density at radius 2 is 2.18 bits per heavy atom. The fourth-order valence-corrected chi connectivity index (χ4v) is 2.34. The molecule has 1 aliphatic rings. The van der Waals surface area contributed by atoms with E-state index >= 15 is 0 Å².